The van der Waals surface area contributed by atoms with Gasteiger partial charge in [0, 0.05) is 19.3 Å². The number of aromatic nitrogens is 2. The van der Waals surface area contributed by atoms with Crippen molar-refractivity contribution in [2.75, 3.05) is 37.4 Å². The highest BCUT2D eigenvalue weighted by molar-refractivity contribution is 6.35. The number of nitro groups is 1. The lowest BCUT2D eigenvalue weighted by Crippen LogP contribution is -2.42. The molecule has 0 saturated heterocycles. The van der Waals surface area contributed by atoms with Gasteiger partial charge in [0.2, 0.25) is 5.91 Å². The largest absolute Gasteiger partial charge is 0.452 e. The number of rotatable bonds is 9. The lowest BCUT2D eigenvalue weighted by molar-refractivity contribution is -0.388. The van der Waals surface area contributed by atoms with Crippen molar-refractivity contribution in [1.29, 1.82) is 0 Å². The lowest BCUT2D eigenvalue weighted by atomic mass is 10.2. The van der Waals surface area contributed by atoms with E-state index in [0.717, 1.165) is 11.1 Å². The number of pyridine rings is 2. The average Bonchev–Trinajstić information content (AvgIpc) is 2.73. The Morgan fingerprint density at radius 1 is 1.32 bits per heavy atom. The number of nitrogens with zero attached hydrogens (tertiary/aromatic N) is 4. The summed E-state index contributed by atoms with van der Waals surface area (Å²) in [5, 5.41) is 16.1. The summed E-state index contributed by atoms with van der Waals surface area (Å²) in [7, 11) is 1.45. The van der Waals surface area contributed by atoms with Crippen LogP contribution in [0.4, 0.5) is 26.5 Å². The van der Waals surface area contributed by atoms with Crippen molar-refractivity contribution in [2.45, 2.75) is 26.4 Å². The van der Waals surface area contributed by atoms with Gasteiger partial charge in [-0.3, -0.25) is 9.69 Å². The molecule has 12 nitrogen and oxygen atoms in total. The Morgan fingerprint density at radius 2 is 2.03 bits per heavy atom. The van der Waals surface area contributed by atoms with Gasteiger partial charge in [-0.25, -0.2) is 14.2 Å². The van der Waals surface area contributed by atoms with Crippen molar-refractivity contribution in [3.05, 3.63) is 39.7 Å². The molecule has 2 aromatic heterocycles. The monoisotopic (exact) mass is 498 g/mol. The van der Waals surface area contributed by atoms with Gasteiger partial charge in [0.05, 0.1) is 6.54 Å². The van der Waals surface area contributed by atoms with Crippen LogP contribution in [-0.4, -0.2) is 64.2 Å². The van der Waals surface area contributed by atoms with E-state index in [9.17, 15) is 24.1 Å². The Bertz CT molecular complexity index is 1060. The van der Waals surface area contributed by atoms with E-state index in [2.05, 4.69) is 20.6 Å². The summed E-state index contributed by atoms with van der Waals surface area (Å²) in [5.41, 5.74) is -0.835. The molecule has 14 heteroatoms. The fraction of sp³-hybridized carbons (Fsp3) is 0.400. The SMILES string of the molecule is CNc1c([N+](=O)[O-])ncc(Oc2ccnc(NC(=O)CN(CCF)C(=O)OC(C)(C)C)c2)c1Cl. The number of nitrogens with one attached hydrogen (secondary N) is 2. The number of amides is 2. The summed E-state index contributed by atoms with van der Waals surface area (Å²) in [6.45, 7) is 3.32. The van der Waals surface area contributed by atoms with E-state index in [1.165, 1.54) is 25.4 Å². The first-order valence-corrected chi connectivity index (χ1v) is 10.3. The molecular weight excluding hydrogens is 475 g/mol. The molecule has 0 aliphatic carbocycles. The topological polar surface area (TPSA) is 149 Å². The van der Waals surface area contributed by atoms with Crippen molar-refractivity contribution >= 4 is 40.9 Å². The van der Waals surface area contributed by atoms with Gasteiger partial charge >= 0.3 is 11.9 Å². The third-order valence-corrected chi connectivity index (χ3v) is 4.33. The Morgan fingerprint density at radius 3 is 2.62 bits per heavy atom. The molecule has 2 N–H and O–H groups in total. The molecule has 0 aliphatic heterocycles. The zero-order valence-corrected chi connectivity index (χ0v) is 19.7. The summed E-state index contributed by atoms with van der Waals surface area (Å²) in [4.78, 5) is 43.7. The number of anilines is 2. The number of hydrogen-bond acceptors (Lipinski definition) is 9. The minimum absolute atomic E-state index is 0.0261. The molecule has 2 heterocycles. The van der Waals surface area contributed by atoms with E-state index in [1.807, 2.05) is 0 Å². The van der Waals surface area contributed by atoms with E-state index in [0.29, 0.717) is 0 Å². The maximum absolute atomic E-state index is 12.9. The van der Waals surface area contributed by atoms with Crippen LogP contribution in [0.25, 0.3) is 0 Å². The van der Waals surface area contributed by atoms with E-state index in [1.54, 1.807) is 20.8 Å². The van der Waals surface area contributed by atoms with Crippen LogP contribution < -0.4 is 15.4 Å². The molecule has 0 radical (unpaired) electrons. The smallest absolute Gasteiger partial charge is 0.410 e. The van der Waals surface area contributed by atoms with Gasteiger partial charge in [0.1, 0.15) is 35.4 Å². The maximum atomic E-state index is 12.9. The molecule has 2 amide bonds. The van der Waals surface area contributed by atoms with Crippen molar-refractivity contribution in [2.24, 2.45) is 0 Å². The molecule has 2 aromatic rings. The molecule has 0 unspecified atom stereocenters. The quantitative estimate of drug-likeness (QED) is 0.386. The van der Waals surface area contributed by atoms with Gasteiger partial charge in [-0.15, -0.1) is 0 Å². The fourth-order valence-electron chi connectivity index (χ4n) is 2.58. The van der Waals surface area contributed by atoms with E-state index in [4.69, 9.17) is 21.1 Å². The van der Waals surface area contributed by atoms with Crippen LogP contribution in [0, 0.1) is 10.1 Å². The summed E-state index contributed by atoms with van der Waals surface area (Å²) >= 11 is 6.20. The number of halogens is 2. The molecule has 0 atom stereocenters. The van der Waals surface area contributed by atoms with Crippen LogP contribution in [0.1, 0.15) is 20.8 Å². The van der Waals surface area contributed by atoms with Crippen LogP contribution in [-0.2, 0) is 9.53 Å². The van der Waals surface area contributed by atoms with Crippen LogP contribution in [0.3, 0.4) is 0 Å². The summed E-state index contributed by atoms with van der Waals surface area (Å²) in [6.07, 6.45) is 1.60. The van der Waals surface area contributed by atoms with Gasteiger partial charge in [-0.2, -0.15) is 0 Å². The molecule has 0 aromatic carbocycles. The Hall–Kier alpha value is -3.74. The molecule has 0 saturated carbocycles. The molecule has 0 bridgehead atoms. The number of alkyl halides is 1. The fourth-order valence-corrected chi connectivity index (χ4v) is 2.85. The number of carbonyl (C=O) groups excluding carboxylic acids is 2. The Kier molecular flexibility index (Phi) is 8.90. The van der Waals surface area contributed by atoms with Crippen LogP contribution >= 0.6 is 11.6 Å². The van der Waals surface area contributed by atoms with E-state index >= 15 is 0 Å². The minimum Gasteiger partial charge on any atom is -0.452 e. The molecule has 0 spiro atoms. The molecular formula is C20H24ClFN6O6. The van der Waals surface area contributed by atoms with Gasteiger partial charge in [-0.1, -0.05) is 11.6 Å². The Balaban J connectivity index is 2.13. The molecule has 0 aliphatic rings. The van der Waals surface area contributed by atoms with E-state index in [-0.39, 0.29) is 34.6 Å². The first kappa shape index (κ1) is 26.5. The summed E-state index contributed by atoms with van der Waals surface area (Å²) in [5.74, 6) is -0.815. The van der Waals surface area contributed by atoms with Crippen molar-refractivity contribution in [3.8, 4) is 11.5 Å². The highest BCUT2D eigenvalue weighted by Crippen LogP contribution is 2.39. The molecule has 184 valence electrons. The van der Waals surface area contributed by atoms with Crippen LogP contribution in [0.2, 0.25) is 5.02 Å². The van der Waals surface area contributed by atoms with Crippen molar-refractivity contribution in [3.63, 3.8) is 0 Å². The predicted molar refractivity (Wildman–Crippen MR) is 122 cm³/mol. The normalized spacial score (nSPS) is 10.9. The highest BCUT2D eigenvalue weighted by atomic mass is 35.5. The zero-order valence-electron chi connectivity index (χ0n) is 18.9. The third kappa shape index (κ3) is 7.40. The van der Waals surface area contributed by atoms with Crippen LogP contribution in [0.5, 0.6) is 11.5 Å². The number of hydrogen-bond donors (Lipinski definition) is 2. The minimum atomic E-state index is -0.854. The number of ether oxygens (including phenoxy) is 2. The second kappa shape index (κ2) is 11.4. The molecule has 2 rings (SSSR count). The first-order valence-electron chi connectivity index (χ1n) is 9.93. The summed E-state index contributed by atoms with van der Waals surface area (Å²) in [6, 6.07) is 2.82. The zero-order chi connectivity index (χ0) is 25.5. The average molecular weight is 499 g/mol. The third-order valence-electron chi connectivity index (χ3n) is 3.95. The highest BCUT2D eigenvalue weighted by Gasteiger charge is 2.25. The first-order chi connectivity index (χ1) is 15.9. The Labute approximate surface area is 199 Å². The van der Waals surface area contributed by atoms with Gasteiger partial charge < -0.3 is 30.2 Å². The lowest BCUT2D eigenvalue weighted by Gasteiger charge is -2.26. The molecule has 0 fully saturated rings. The standard InChI is InChI=1S/C20H24ClFN6O6/c1-20(2,3)34-19(30)27(8-6-22)11-15(29)26-14-9-12(5-7-24-14)33-13-10-25-18(28(31)32)17(23-4)16(13)21/h5,7,9-10,23H,6,8,11H2,1-4H3,(H,24,26,29). The predicted octanol–water partition coefficient (Wildman–Crippen LogP) is 4.02. The van der Waals surface area contributed by atoms with Gasteiger partial charge in [-0.05, 0) is 36.7 Å². The second-order valence-electron chi connectivity index (χ2n) is 7.76. The van der Waals surface area contributed by atoms with Crippen LogP contribution in [0.15, 0.2) is 24.5 Å². The van der Waals surface area contributed by atoms with Gasteiger partial charge in [0.25, 0.3) is 0 Å². The van der Waals surface area contributed by atoms with Crippen molar-refractivity contribution in [1.82, 2.24) is 14.9 Å². The molecule has 34 heavy (non-hydrogen) atoms. The number of carbonyl (C=O) groups is 2. The van der Waals surface area contributed by atoms with Crippen molar-refractivity contribution < 1.29 is 28.4 Å². The van der Waals surface area contributed by atoms with Gasteiger partial charge in [0.15, 0.2) is 17.6 Å². The van der Waals surface area contributed by atoms with E-state index < -0.39 is 41.6 Å². The second-order valence-corrected chi connectivity index (χ2v) is 8.14. The maximum Gasteiger partial charge on any atom is 0.410 e. The summed E-state index contributed by atoms with van der Waals surface area (Å²) < 4.78 is 23.7.